The molecule has 0 spiro atoms. The quantitative estimate of drug-likeness (QED) is 0.0243. The highest BCUT2D eigenvalue weighted by Crippen LogP contribution is 2.57. The number of carbonyl (C=O) groups excluding carboxylic acids is 8. The minimum atomic E-state index is -4.12. The Balaban J connectivity index is 0.000000253. The second kappa shape index (κ2) is 48.1. The van der Waals surface area contributed by atoms with E-state index in [-0.39, 0.29) is 108 Å². The lowest BCUT2D eigenvalue weighted by molar-refractivity contribution is -0.168. The van der Waals surface area contributed by atoms with Crippen LogP contribution in [0.2, 0.25) is 90.7 Å². The highest BCUT2D eigenvalue weighted by Gasteiger charge is 2.85. The molecule has 0 aromatic rings. The normalized spacial score (nSPS) is 36.0. The van der Waals surface area contributed by atoms with Crippen molar-refractivity contribution in [3.63, 3.8) is 0 Å². The van der Waals surface area contributed by atoms with Gasteiger partial charge in [0.05, 0.1) is 52.6 Å². The largest absolute Gasteiger partial charge is 0.518 e. The van der Waals surface area contributed by atoms with Crippen molar-refractivity contribution in [3.05, 3.63) is 0 Å². The van der Waals surface area contributed by atoms with Crippen molar-refractivity contribution in [3.8, 4) is 0 Å². The van der Waals surface area contributed by atoms with E-state index in [1.54, 1.807) is 13.8 Å². The monoisotopic (exact) mass is 2270 g/mol. The van der Waals surface area contributed by atoms with Gasteiger partial charge in [0.25, 0.3) is 0 Å². The Morgan fingerprint density at radius 3 is 0.807 bits per heavy atom. The molecular weight excluding hydrogens is 2100 g/mol. The lowest BCUT2D eigenvalue weighted by Crippen LogP contribution is -2.88. The van der Waals surface area contributed by atoms with Crippen LogP contribution in [0.5, 0.6) is 0 Å². The van der Waals surface area contributed by atoms with Gasteiger partial charge in [-0.3, -0.25) is 33.6 Å². The van der Waals surface area contributed by atoms with Crippen LogP contribution in [0.15, 0.2) is 0 Å². The van der Waals surface area contributed by atoms with Crippen LogP contribution in [0.4, 0.5) is 0 Å². The minimum absolute atomic E-state index is 0.0955. The highest BCUT2D eigenvalue weighted by molar-refractivity contribution is 7.05. The lowest BCUT2D eigenvalue weighted by atomic mass is 9.90. The number of ether oxygens (including phenoxy) is 8. The summed E-state index contributed by atoms with van der Waals surface area (Å²) in [7, 11) is -59.9. The third-order valence-corrected chi connectivity index (χ3v) is 100. The van der Waals surface area contributed by atoms with Crippen LogP contribution in [0.1, 0.15) is 320 Å². The molecule has 140 heavy (non-hydrogen) atoms. The average Bonchev–Trinajstić information content (AvgIpc) is 1.13. The first-order valence-electron chi connectivity index (χ1n) is 51.1. The van der Waals surface area contributed by atoms with Crippen molar-refractivity contribution >= 4 is 189 Å². The van der Waals surface area contributed by atoms with E-state index in [1.807, 2.05) is 242 Å². The van der Waals surface area contributed by atoms with Gasteiger partial charge in [-0.15, -0.1) is 0 Å². The molecule has 3 unspecified atom stereocenters. The first kappa shape index (κ1) is 125. The summed E-state index contributed by atoms with van der Waals surface area (Å²) in [6.45, 7) is 71.8. The van der Waals surface area contributed by atoms with E-state index in [9.17, 15) is 38.4 Å². The van der Waals surface area contributed by atoms with Crippen LogP contribution >= 0.6 is 0 Å². The number of rotatable bonds is 36. The molecule has 0 aliphatic carbocycles. The van der Waals surface area contributed by atoms with Crippen molar-refractivity contribution < 1.29 is 175 Å². The third-order valence-electron chi connectivity index (χ3n) is 26.8. The highest BCUT2D eigenvalue weighted by atomic mass is 28.6. The Hall–Kier alpha value is -1.73. The Bertz CT molecular complexity index is 3950. The van der Waals surface area contributed by atoms with Crippen LogP contribution in [-0.4, -0.2) is 238 Å². The molecule has 0 aromatic carbocycles. The molecule has 14 heterocycles. The fourth-order valence-corrected chi connectivity index (χ4v) is 113. The van der Waals surface area contributed by atoms with Gasteiger partial charge >= 0.3 is 189 Å². The summed E-state index contributed by atoms with van der Waals surface area (Å²) < 4.78 is 212. The van der Waals surface area contributed by atoms with E-state index in [0.29, 0.717) is 130 Å². The zero-order chi connectivity index (χ0) is 106. The molecule has 0 N–H and O–H groups in total. The molecule has 14 fully saturated rings. The third kappa shape index (κ3) is 29.8. The summed E-state index contributed by atoms with van der Waals surface area (Å²) in [6, 6.07) is 5.63. The van der Waals surface area contributed by atoms with Crippen LogP contribution < -0.4 is 0 Å². The fraction of sp³-hybridized carbons (Fsp3) is 0.905. The summed E-state index contributed by atoms with van der Waals surface area (Å²) >= 11 is 0. The average molecular weight is 2270 g/mol. The van der Waals surface area contributed by atoms with E-state index in [1.165, 1.54) is 0 Å². The zero-order valence-corrected chi connectivity index (χ0v) is 107. The molecule has 14 rings (SSSR count). The van der Waals surface area contributed by atoms with E-state index >= 15 is 0 Å². The van der Waals surface area contributed by atoms with Crippen molar-refractivity contribution in [1.82, 2.24) is 0 Å². The molecule has 0 amide bonds. The number of hydrogen-bond donors (Lipinski definition) is 0. The van der Waals surface area contributed by atoms with Crippen molar-refractivity contribution in [1.29, 1.82) is 0 Å². The smallest absolute Gasteiger partial charge is 0.465 e. The van der Waals surface area contributed by atoms with Gasteiger partial charge in [-0.05, 0) is 155 Å². The van der Waals surface area contributed by atoms with Crippen LogP contribution in [0.25, 0.3) is 0 Å². The second-order valence-corrected chi connectivity index (χ2v) is 93.6. The van der Waals surface area contributed by atoms with Gasteiger partial charge in [0, 0.05) is 97.1 Å². The molecule has 0 radical (unpaired) electrons. The second-order valence-electron chi connectivity index (χ2n) is 41.4. The molecule has 0 aromatic heterocycles. The number of hydrogen-bond acceptors (Lipinski definition) is 40. The first-order chi connectivity index (χ1) is 64.7. The summed E-state index contributed by atoms with van der Waals surface area (Å²) in [5.41, 5.74) is -3.00. The Kier molecular flexibility index (Phi) is 43.0. The molecule has 14 aliphatic rings. The molecule has 16 bridgehead atoms. The van der Waals surface area contributed by atoms with Crippen LogP contribution in [-0.2, 0) is 175 Å². The van der Waals surface area contributed by atoms with Gasteiger partial charge in [0.15, 0.2) is 6.23 Å². The molecular formula is C84H172O40Si16. The number of carbonyl (C=O) groups is 8. The number of esters is 8. The SMILES string of the molecule is CCC(C)(C)C(=O)OC(C)(C)C.CCC(C)(C)C(=O)OC1CCOC1=O.CCC(C)(C)C(=O)OC1COC(=O)C1.CCC(C)(C)C(=O)OCCC[Si]12O[Si]3(CC)O[Si]4(CC)O[Si]5(CC)O[Si](CC)(O3)O[Si](CC)(O[Si](CC)(O5)O[Si](CC)(O4)O1)O2.CCC(C)(C)OC(=O)C(C)(C)CC.CCC(C)C(=O)OC[Si]12O[Si]3(CC)O[Si]4(CC)O[Si]5(CC)O[Si](CC)(O3)O[Si](CC)(O[Si](CC)(O5)O[Si](CC)(O4)O1)O2. The molecule has 14 saturated heterocycles. The molecule has 14 aliphatic heterocycles. The summed E-state index contributed by atoms with van der Waals surface area (Å²) in [5, 5.41) is 0. The van der Waals surface area contributed by atoms with E-state index < -0.39 is 169 Å². The van der Waals surface area contributed by atoms with E-state index in [0.717, 1.165) is 19.3 Å². The Labute approximate surface area is 851 Å². The van der Waals surface area contributed by atoms with Crippen LogP contribution in [0, 0.1) is 33.0 Å². The van der Waals surface area contributed by atoms with E-state index in [4.69, 9.17) is 137 Å². The van der Waals surface area contributed by atoms with Crippen molar-refractivity contribution in [2.75, 3.05) is 26.1 Å². The standard InChI is InChI=1S/C23H52O14Si8.C20H46O14Si8.C11H22O2.2C10H16O4.C10H20O2/c1-11-23(9,10)22(24)25-20-19-21-45-35-42(16-6)29-39(13-3)26-38(12-2)27-40(14-4,31-42)33-44(18-8,37-45)34-41(15-5,28-38)32-43(17-7,30-39)36-45;1-10-19(9)20(21)22-18-42-32-39(15-6)26-36(12-3)23-35(11-2)24-37(13-4,28-39)30-41(17-8,34-42)31-38(14-5,25-35)29-40(16-7,27-36)33-42;1-7-10(3,4)9(12)13-11(5,6)8-2;1-4-10(2,3)9(12)14-7-5-8(11)13-6-7;1-4-10(2,3)9(12)14-7-5-6-13-8(7)11;1-7-10(5,6)8(11)12-9(2,3)4/h11-21H2,1-10H3;19H,10-18H2,1-9H3;7-8H2,1-6H3;2*7H,4-6H2,1-3H3;7H2,1-6H3. The maximum Gasteiger partial charge on any atom is 0.518 e. The molecule has 812 valence electrons. The predicted molar refractivity (Wildman–Crippen MR) is 543 cm³/mol. The minimum Gasteiger partial charge on any atom is -0.465 e. The lowest BCUT2D eigenvalue weighted by Gasteiger charge is -2.63. The molecule has 3 atom stereocenters. The summed E-state index contributed by atoms with van der Waals surface area (Å²) in [5.74, 6) is -2.49. The van der Waals surface area contributed by atoms with Crippen molar-refractivity contribution in [2.24, 2.45) is 33.0 Å². The predicted octanol–water partition coefficient (Wildman–Crippen LogP) is 17.8. The maximum atomic E-state index is 13.0. The molecule has 56 heteroatoms. The Morgan fingerprint density at radius 1 is 0.314 bits per heavy atom. The number of cyclic esters (lactones) is 2. The zero-order valence-electron chi connectivity index (χ0n) is 91.1. The van der Waals surface area contributed by atoms with Crippen LogP contribution in [0.3, 0.4) is 0 Å². The van der Waals surface area contributed by atoms with Gasteiger partial charge in [0.2, 0.25) is 6.10 Å². The van der Waals surface area contributed by atoms with Gasteiger partial charge in [0.1, 0.15) is 23.9 Å². The van der Waals surface area contributed by atoms with Gasteiger partial charge in [-0.1, -0.05) is 152 Å². The van der Waals surface area contributed by atoms with Gasteiger partial charge in [-0.25, -0.2) is 4.79 Å². The van der Waals surface area contributed by atoms with Gasteiger partial charge < -0.3 is 137 Å². The summed E-state index contributed by atoms with van der Waals surface area (Å²) in [6.07, 6.45) is 4.86. The molecule has 40 nitrogen and oxygen atoms in total. The summed E-state index contributed by atoms with van der Waals surface area (Å²) in [4.78, 5) is 93.8. The maximum absolute atomic E-state index is 13.0. The topological polar surface area (TPSA) is 432 Å². The van der Waals surface area contributed by atoms with Crippen molar-refractivity contribution in [2.45, 2.75) is 434 Å². The first-order valence-corrected chi connectivity index (χ1v) is 82.0. The molecule has 0 saturated carbocycles. The van der Waals surface area contributed by atoms with E-state index in [2.05, 4.69) is 0 Å². The van der Waals surface area contributed by atoms with Gasteiger partial charge in [-0.2, -0.15) is 0 Å². The fourth-order valence-electron chi connectivity index (χ4n) is 14.4. The Morgan fingerprint density at radius 2 is 0.571 bits per heavy atom.